The van der Waals surface area contributed by atoms with Gasteiger partial charge in [0, 0.05) is 23.1 Å². The fraction of sp³-hybridized carbons (Fsp3) is 0.500. The number of carboxylic acid groups (broad SMARTS) is 1. The third-order valence-corrected chi connectivity index (χ3v) is 3.41. The minimum atomic E-state index is -1.31. The number of benzene rings is 1. The molecule has 7 nitrogen and oxygen atoms in total. The smallest absolute Gasteiger partial charge is 0.336 e. The van der Waals surface area contributed by atoms with Crippen LogP contribution in [0.5, 0.6) is 0 Å². The minimum Gasteiger partial charge on any atom is -0.478 e. The molecule has 0 unspecified atom stereocenters. The number of ether oxygens (including phenoxy) is 2. The molecule has 0 aliphatic carbocycles. The van der Waals surface area contributed by atoms with Gasteiger partial charge >= 0.3 is 5.97 Å². The van der Waals surface area contributed by atoms with Crippen molar-refractivity contribution in [1.82, 2.24) is 0 Å². The number of nitro groups is 1. The van der Waals surface area contributed by atoms with Crippen LogP contribution in [0.2, 0.25) is 0 Å². The molecule has 1 N–H and O–H groups in total. The van der Waals surface area contributed by atoms with E-state index in [1.807, 2.05) is 13.8 Å². The van der Waals surface area contributed by atoms with E-state index in [-0.39, 0.29) is 22.2 Å². The van der Waals surface area contributed by atoms with Gasteiger partial charge in [0.25, 0.3) is 5.69 Å². The summed E-state index contributed by atoms with van der Waals surface area (Å²) in [7, 11) is 0. The maximum atomic E-state index is 11.3. The maximum absolute atomic E-state index is 11.3. The molecular weight excluding hydrogens is 278 g/mol. The van der Waals surface area contributed by atoms with Crippen LogP contribution in [-0.2, 0) is 15.3 Å². The first-order chi connectivity index (χ1) is 9.65. The van der Waals surface area contributed by atoms with Crippen LogP contribution in [0.4, 0.5) is 5.69 Å². The lowest BCUT2D eigenvalue weighted by atomic mass is 9.92. The standard InChI is InChI=1S/C14H17NO6/c1-13(2)7-20-14(3,21-8-13)11-6-9(15(18)19)4-5-10(11)12(16)17/h4-6H,7-8H2,1-3H3,(H,16,17). The molecule has 114 valence electrons. The summed E-state index contributed by atoms with van der Waals surface area (Å²) in [5.41, 5.74) is -0.306. The van der Waals surface area contributed by atoms with Crippen LogP contribution in [0.1, 0.15) is 36.7 Å². The molecule has 1 aromatic rings. The minimum absolute atomic E-state index is 0.0668. The Morgan fingerprint density at radius 1 is 1.29 bits per heavy atom. The van der Waals surface area contributed by atoms with Crippen molar-refractivity contribution in [2.45, 2.75) is 26.6 Å². The van der Waals surface area contributed by atoms with Crippen molar-refractivity contribution < 1.29 is 24.3 Å². The van der Waals surface area contributed by atoms with Gasteiger partial charge in [0.05, 0.1) is 23.7 Å². The second kappa shape index (κ2) is 5.09. The number of rotatable bonds is 3. The molecule has 21 heavy (non-hydrogen) atoms. The summed E-state index contributed by atoms with van der Waals surface area (Å²) in [4.78, 5) is 21.7. The van der Waals surface area contributed by atoms with Crippen molar-refractivity contribution in [3.05, 3.63) is 39.4 Å². The molecule has 0 spiro atoms. The summed E-state index contributed by atoms with van der Waals surface area (Å²) < 4.78 is 11.4. The first-order valence-electron chi connectivity index (χ1n) is 6.45. The summed E-state index contributed by atoms with van der Waals surface area (Å²) >= 11 is 0. The second-order valence-corrected chi connectivity index (χ2v) is 5.98. The molecule has 1 saturated heterocycles. The van der Waals surface area contributed by atoms with E-state index in [0.717, 1.165) is 6.07 Å². The third kappa shape index (κ3) is 3.03. The maximum Gasteiger partial charge on any atom is 0.336 e. The predicted molar refractivity (Wildman–Crippen MR) is 73.1 cm³/mol. The Morgan fingerprint density at radius 3 is 2.33 bits per heavy atom. The lowest BCUT2D eigenvalue weighted by Gasteiger charge is -2.41. The van der Waals surface area contributed by atoms with Gasteiger partial charge in [0.1, 0.15) is 0 Å². The summed E-state index contributed by atoms with van der Waals surface area (Å²) in [6, 6.07) is 3.55. The van der Waals surface area contributed by atoms with Gasteiger partial charge in [-0.05, 0) is 13.0 Å². The van der Waals surface area contributed by atoms with Gasteiger partial charge in [-0.2, -0.15) is 0 Å². The number of nitrogens with zero attached hydrogens (tertiary/aromatic N) is 1. The number of aromatic carboxylic acids is 1. The molecule has 1 heterocycles. The number of hydrogen-bond acceptors (Lipinski definition) is 5. The van der Waals surface area contributed by atoms with E-state index >= 15 is 0 Å². The van der Waals surface area contributed by atoms with Gasteiger partial charge in [0.15, 0.2) is 5.79 Å². The average Bonchev–Trinajstić information content (AvgIpc) is 2.41. The van der Waals surface area contributed by atoms with Crippen molar-refractivity contribution in [3.8, 4) is 0 Å². The SMILES string of the molecule is CC1(C)COC(C)(c2cc([N+](=O)[O-])ccc2C(=O)O)OC1. The largest absolute Gasteiger partial charge is 0.478 e. The molecule has 0 bridgehead atoms. The molecule has 0 saturated carbocycles. The fourth-order valence-electron chi connectivity index (χ4n) is 2.11. The molecule has 0 aromatic heterocycles. The van der Waals surface area contributed by atoms with Crippen molar-refractivity contribution in [2.75, 3.05) is 13.2 Å². The lowest BCUT2D eigenvalue weighted by molar-refractivity contribution is -0.385. The molecule has 0 radical (unpaired) electrons. The van der Waals surface area contributed by atoms with E-state index in [1.165, 1.54) is 12.1 Å². The normalized spacial score (nSPS) is 20.0. The Morgan fingerprint density at radius 2 is 1.86 bits per heavy atom. The molecule has 1 aromatic carbocycles. The van der Waals surface area contributed by atoms with Gasteiger partial charge in [-0.25, -0.2) is 4.79 Å². The average molecular weight is 295 g/mol. The quantitative estimate of drug-likeness (QED) is 0.679. The molecule has 1 aliphatic heterocycles. The Labute approximate surface area is 121 Å². The number of non-ortho nitro benzene ring substituents is 1. The Kier molecular flexibility index (Phi) is 3.73. The van der Waals surface area contributed by atoms with Gasteiger partial charge in [-0.1, -0.05) is 13.8 Å². The van der Waals surface area contributed by atoms with Crippen molar-refractivity contribution in [2.24, 2.45) is 5.41 Å². The van der Waals surface area contributed by atoms with E-state index in [9.17, 15) is 20.0 Å². The summed E-state index contributed by atoms with van der Waals surface area (Å²) in [5.74, 6) is -2.49. The van der Waals surface area contributed by atoms with Gasteiger partial charge in [0.2, 0.25) is 0 Å². The summed E-state index contributed by atoms with van der Waals surface area (Å²) in [6.07, 6.45) is 0. The van der Waals surface area contributed by atoms with Crippen LogP contribution in [0.25, 0.3) is 0 Å². The Hall–Kier alpha value is -1.99. The third-order valence-electron chi connectivity index (χ3n) is 3.41. The van der Waals surface area contributed by atoms with Crippen LogP contribution >= 0.6 is 0 Å². The van der Waals surface area contributed by atoms with Crippen molar-refractivity contribution in [1.29, 1.82) is 0 Å². The van der Waals surface area contributed by atoms with Crippen LogP contribution in [-0.4, -0.2) is 29.2 Å². The van der Waals surface area contributed by atoms with Crippen molar-refractivity contribution >= 4 is 11.7 Å². The van der Waals surface area contributed by atoms with Crippen molar-refractivity contribution in [3.63, 3.8) is 0 Å². The predicted octanol–water partition coefficient (Wildman–Crippen LogP) is 2.54. The van der Waals surface area contributed by atoms with Gasteiger partial charge in [-0.15, -0.1) is 0 Å². The first kappa shape index (κ1) is 15.4. The molecule has 7 heteroatoms. The zero-order valence-corrected chi connectivity index (χ0v) is 12.1. The summed E-state index contributed by atoms with van der Waals surface area (Å²) in [5, 5.41) is 20.2. The Balaban J connectivity index is 2.48. The number of carbonyl (C=O) groups is 1. The zero-order chi connectivity index (χ0) is 15.8. The summed E-state index contributed by atoms with van der Waals surface area (Å²) in [6.45, 7) is 6.22. The van der Waals surface area contributed by atoms with E-state index < -0.39 is 16.7 Å². The van der Waals surface area contributed by atoms with Crippen LogP contribution < -0.4 is 0 Å². The monoisotopic (exact) mass is 295 g/mol. The number of nitro benzene ring substituents is 1. The fourth-order valence-corrected chi connectivity index (χ4v) is 2.11. The van der Waals surface area contributed by atoms with E-state index in [4.69, 9.17) is 9.47 Å². The highest BCUT2D eigenvalue weighted by Crippen LogP contribution is 2.38. The van der Waals surface area contributed by atoms with Gasteiger partial charge < -0.3 is 14.6 Å². The zero-order valence-electron chi connectivity index (χ0n) is 12.1. The van der Waals surface area contributed by atoms with Crippen LogP contribution in [0, 0.1) is 15.5 Å². The topological polar surface area (TPSA) is 98.9 Å². The number of carboxylic acids is 1. The highest BCUT2D eigenvalue weighted by atomic mass is 16.7. The second-order valence-electron chi connectivity index (χ2n) is 5.98. The molecule has 0 atom stereocenters. The molecule has 0 amide bonds. The lowest BCUT2D eigenvalue weighted by Crippen LogP contribution is -2.44. The van der Waals surface area contributed by atoms with Gasteiger partial charge in [-0.3, -0.25) is 10.1 Å². The van der Waals surface area contributed by atoms with E-state index in [1.54, 1.807) is 6.92 Å². The van der Waals surface area contributed by atoms with Crippen LogP contribution in [0.3, 0.4) is 0 Å². The molecule has 1 fully saturated rings. The van der Waals surface area contributed by atoms with E-state index in [0.29, 0.717) is 13.2 Å². The molecule has 2 rings (SSSR count). The van der Waals surface area contributed by atoms with E-state index in [2.05, 4.69) is 0 Å². The highest BCUT2D eigenvalue weighted by Gasteiger charge is 2.41. The molecule has 1 aliphatic rings. The first-order valence-corrected chi connectivity index (χ1v) is 6.45. The molecular formula is C14H17NO6. The number of hydrogen-bond donors (Lipinski definition) is 1. The Bertz CT molecular complexity index is 585. The highest BCUT2D eigenvalue weighted by molar-refractivity contribution is 5.90. The van der Waals surface area contributed by atoms with Crippen LogP contribution in [0.15, 0.2) is 18.2 Å².